The molecule has 0 saturated heterocycles. The minimum atomic E-state index is -0.511. The Kier molecular flexibility index (Phi) is 3.10. The van der Waals surface area contributed by atoms with E-state index >= 15 is 0 Å². The Hall–Kier alpha value is -2.43. The fraction of sp³-hybridized carbons (Fsp3) is 0.200. The molecule has 5 heteroatoms. The van der Waals surface area contributed by atoms with Crippen molar-refractivity contribution in [2.45, 2.75) is 18.4 Å². The smallest absolute Gasteiger partial charge is 0.252 e. The van der Waals surface area contributed by atoms with Crippen molar-refractivity contribution >= 4 is 11.6 Å². The highest BCUT2D eigenvalue weighted by Gasteiger charge is 2.38. The summed E-state index contributed by atoms with van der Waals surface area (Å²) in [5.41, 5.74) is 7.33. The van der Waals surface area contributed by atoms with E-state index in [4.69, 9.17) is 5.73 Å². The van der Waals surface area contributed by atoms with E-state index < -0.39 is 5.91 Å². The molecule has 2 aromatic rings. The molecule has 1 aromatic heterocycles. The average Bonchev–Trinajstić information content (AvgIpc) is 3.18. The maximum absolute atomic E-state index is 13.2. The fourth-order valence-electron chi connectivity index (χ4n) is 2.38. The maximum Gasteiger partial charge on any atom is 0.252 e. The van der Waals surface area contributed by atoms with Gasteiger partial charge < -0.3 is 11.1 Å². The van der Waals surface area contributed by atoms with Gasteiger partial charge in [0.15, 0.2) is 0 Å². The Balaban J connectivity index is 1.74. The van der Waals surface area contributed by atoms with Crippen molar-refractivity contribution in [2.24, 2.45) is 5.73 Å². The molecule has 0 unspecified atom stereocenters. The largest absolute Gasteiger partial charge is 0.381 e. The molecular formula is C15H14FN3O. The van der Waals surface area contributed by atoms with Crippen molar-refractivity contribution in [1.29, 1.82) is 0 Å². The van der Waals surface area contributed by atoms with Gasteiger partial charge in [-0.15, -0.1) is 0 Å². The van der Waals surface area contributed by atoms with Gasteiger partial charge in [0, 0.05) is 24.4 Å². The number of carbonyl (C=O) groups is 1. The van der Waals surface area contributed by atoms with Gasteiger partial charge in [0.05, 0.1) is 11.3 Å². The van der Waals surface area contributed by atoms with Gasteiger partial charge in [0.1, 0.15) is 5.82 Å². The molecule has 3 rings (SSSR count). The number of nitrogens with zero attached hydrogens (tertiary/aromatic N) is 1. The molecule has 0 radical (unpaired) electrons. The van der Waals surface area contributed by atoms with Gasteiger partial charge in [-0.05, 0) is 30.2 Å². The summed E-state index contributed by atoms with van der Waals surface area (Å²) < 4.78 is 13.2. The summed E-state index contributed by atoms with van der Waals surface area (Å²) >= 11 is 0. The molecule has 3 N–H and O–H groups in total. The van der Waals surface area contributed by atoms with Crippen molar-refractivity contribution in [2.75, 3.05) is 5.32 Å². The number of nitrogens with two attached hydrogens (primary N) is 1. The first-order valence-corrected chi connectivity index (χ1v) is 6.41. The van der Waals surface area contributed by atoms with Crippen LogP contribution in [0.2, 0.25) is 0 Å². The molecule has 4 nitrogen and oxygen atoms in total. The van der Waals surface area contributed by atoms with Crippen molar-refractivity contribution in [3.8, 4) is 0 Å². The molecule has 1 fully saturated rings. The zero-order chi connectivity index (χ0) is 14.1. The third-order valence-corrected chi connectivity index (χ3v) is 3.49. The van der Waals surface area contributed by atoms with Gasteiger partial charge >= 0.3 is 0 Å². The van der Waals surface area contributed by atoms with E-state index in [-0.39, 0.29) is 17.8 Å². The number of amides is 1. The number of rotatable bonds is 4. The van der Waals surface area contributed by atoms with Crippen LogP contribution < -0.4 is 11.1 Å². The van der Waals surface area contributed by atoms with Crippen LogP contribution in [0, 0.1) is 5.82 Å². The molecule has 1 aliphatic rings. The standard InChI is InChI=1S/C15H14FN3O/c16-10-3-1-2-9(6-10)11-7-14(11)19-13-4-5-18-8-12(13)15(17)20/h1-6,8,11,14H,7H2,(H2,17,20)(H,18,19)/t11-,14+/m0/s1. The summed E-state index contributed by atoms with van der Waals surface area (Å²) in [5, 5.41) is 3.27. The van der Waals surface area contributed by atoms with Crippen LogP contribution in [0.4, 0.5) is 10.1 Å². The second kappa shape index (κ2) is 4.92. The molecule has 102 valence electrons. The summed E-state index contributed by atoms with van der Waals surface area (Å²) in [6.07, 6.45) is 3.96. The second-order valence-electron chi connectivity index (χ2n) is 4.93. The highest BCUT2D eigenvalue weighted by Crippen LogP contribution is 2.43. The van der Waals surface area contributed by atoms with Crippen molar-refractivity contribution < 1.29 is 9.18 Å². The summed E-state index contributed by atoms with van der Waals surface area (Å²) in [6, 6.07) is 8.52. The van der Waals surface area contributed by atoms with Crippen LogP contribution in [0.25, 0.3) is 0 Å². The van der Waals surface area contributed by atoms with Crippen LogP contribution in [-0.4, -0.2) is 16.9 Å². The minimum Gasteiger partial charge on any atom is -0.381 e. The first kappa shape index (κ1) is 12.6. The Morgan fingerprint density at radius 2 is 2.25 bits per heavy atom. The second-order valence-corrected chi connectivity index (χ2v) is 4.93. The third kappa shape index (κ3) is 2.47. The van der Waals surface area contributed by atoms with Crippen LogP contribution in [0.15, 0.2) is 42.7 Å². The predicted molar refractivity (Wildman–Crippen MR) is 73.9 cm³/mol. The summed E-state index contributed by atoms with van der Waals surface area (Å²) in [5.74, 6) is -0.474. The lowest BCUT2D eigenvalue weighted by atomic mass is 10.1. The minimum absolute atomic E-state index is 0.192. The number of anilines is 1. The number of halogens is 1. The highest BCUT2D eigenvalue weighted by molar-refractivity contribution is 5.98. The number of benzene rings is 1. The van der Waals surface area contributed by atoms with Gasteiger partial charge in [-0.3, -0.25) is 9.78 Å². The lowest BCUT2D eigenvalue weighted by Gasteiger charge is -2.09. The number of carbonyl (C=O) groups excluding carboxylic acids is 1. The van der Waals surface area contributed by atoms with Crippen molar-refractivity contribution in [1.82, 2.24) is 4.98 Å². The van der Waals surface area contributed by atoms with Gasteiger partial charge in [0.2, 0.25) is 0 Å². The van der Waals surface area contributed by atoms with Crippen LogP contribution in [0.1, 0.15) is 28.3 Å². The van der Waals surface area contributed by atoms with E-state index in [1.54, 1.807) is 24.4 Å². The van der Waals surface area contributed by atoms with E-state index in [0.29, 0.717) is 11.3 Å². The predicted octanol–water partition coefficient (Wildman–Crippen LogP) is 2.29. The molecule has 1 heterocycles. The van der Waals surface area contributed by atoms with E-state index in [2.05, 4.69) is 10.3 Å². The third-order valence-electron chi connectivity index (χ3n) is 3.49. The van der Waals surface area contributed by atoms with Crippen molar-refractivity contribution in [3.63, 3.8) is 0 Å². The normalized spacial score (nSPS) is 20.4. The van der Waals surface area contributed by atoms with E-state index in [1.807, 2.05) is 6.07 Å². The van der Waals surface area contributed by atoms with Gasteiger partial charge in [-0.25, -0.2) is 4.39 Å². The first-order chi connectivity index (χ1) is 9.65. The van der Waals surface area contributed by atoms with E-state index in [9.17, 15) is 9.18 Å². The molecule has 0 spiro atoms. The van der Waals surface area contributed by atoms with Crippen LogP contribution in [-0.2, 0) is 0 Å². The number of primary amides is 1. The van der Waals surface area contributed by atoms with E-state index in [0.717, 1.165) is 12.0 Å². The molecular weight excluding hydrogens is 257 g/mol. The quantitative estimate of drug-likeness (QED) is 0.896. The van der Waals surface area contributed by atoms with E-state index in [1.165, 1.54) is 12.3 Å². The lowest BCUT2D eigenvalue weighted by molar-refractivity contribution is 0.100. The number of hydrogen-bond acceptors (Lipinski definition) is 3. The zero-order valence-corrected chi connectivity index (χ0v) is 10.7. The number of nitrogens with one attached hydrogen (secondary N) is 1. The van der Waals surface area contributed by atoms with Crippen LogP contribution in [0.5, 0.6) is 0 Å². The SMILES string of the molecule is NC(=O)c1cnccc1N[C@@H]1C[C@H]1c1cccc(F)c1. The molecule has 0 bridgehead atoms. The first-order valence-electron chi connectivity index (χ1n) is 6.41. The van der Waals surface area contributed by atoms with Gasteiger partial charge in [0.25, 0.3) is 5.91 Å². The molecule has 1 saturated carbocycles. The molecule has 1 aromatic carbocycles. The maximum atomic E-state index is 13.2. The van der Waals surface area contributed by atoms with Crippen molar-refractivity contribution in [3.05, 3.63) is 59.7 Å². The lowest BCUT2D eigenvalue weighted by Crippen LogP contribution is -2.16. The average molecular weight is 271 g/mol. The van der Waals surface area contributed by atoms with Crippen LogP contribution in [0.3, 0.4) is 0 Å². The summed E-state index contributed by atoms with van der Waals surface area (Å²) in [7, 11) is 0. The number of hydrogen-bond donors (Lipinski definition) is 2. The number of pyridine rings is 1. The Morgan fingerprint density at radius 3 is 3.00 bits per heavy atom. The molecule has 1 aliphatic carbocycles. The molecule has 1 amide bonds. The highest BCUT2D eigenvalue weighted by atomic mass is 19.1. The summed E-state index contributed by atoms with van der Waals surface area (Å²) in [6.45, 7) is 0. The fourth-order valence-corrected chi connectivity index (χ4v) is 2.38. The van der Waals surface area contributed by atoms with Gasteiger partial charge in [-0.1, -0.05) is 12.1 Å². The number of aromatic nitrogens is 1. The monoisotopic (exact) mass is 271 g/mol. The Labute approximate surface area is 115 Å². The Morgan fingerprint density at radius 1 is 1.40 bits per heavy atom. The Bertz CT molecular complexity index is 659. The molecule has 2 atom stereocenters. The topological polar surface area (TPSA) is 68.0 Å². The molecule has 0 aliphatic heterocycles. The van der Waals surface area contributed by atoms with Crippen LogP contribution >= 0.6 is 0 Å². The summed E-state index contributed by atoms with van der Waals surface area (Å²) in [4.78, 5) is 15.2. The van der Waals surface area contributed by atoms with Gasteiger partial charge in [-0.2, -0.15) is 0 Å². The molecule has 20 heavy (non-hydrogen) atoms. The zero-order valence-electron chi connectivity index (χ0n) is 10.7.